The third-order valence-corrected chi connectivity index (χ3v) is 4.39. The molecule has 2 N–H and O–H groups in total. The highest BCUT2D eigenvalue weighted by Crippen LogP contribution is 2.25. The third-order valence-electron chi connectivity index (χ3n) is 3.01. The standard InChI is InChI=1S/C15H17NO3S/c1-11(2)12-7-9-13(10-8-12)20(18,19)16-14-5-3-4-6-15(14)17/h3-11,16-17H,1-2H3. The number of benzene rings is 2. The van der Waals surface area contributed by atoms with Gasteiger partial charge in [-0.15, -0.1) is 0 Å². The van der Waals surface area contributed by atoms with Crippen LogP contribution in [0.5, 0.6) is 5.75 Å². The molecule has 0 heterocycles. The van der Waals surface area contributed by atoms with E-state index in [2.05, 4.69) is 4.72 Å². The molecular formula is C15H17NO3S. The number of nitrogens with one attached hydrogen (secondary N) is 1. The summed E-state index contributed by atoms with van der Waals surface area (Å²) in [4.78, 5) is 0.171. The largest absolute Gasteiger partial charge is 0.506 e. The van der Waals surface area contributed by atoms with Crippen molar-refractivity contribution >= 4 is 15.7 Å². The Morgan fingerprint density at radius 2 is 1.60 bits per heavy atom. The zero-order chi connectivity index (χ0) is 14.8. The quantitative estimate of drug-likeness (QED) is 0.849. The number of anilines is 1. The van der Waals surface area contributed by atoms with Crippen LogP contribution in [-0.4, -0.2) is 13.5 Å². The van der Waals surface area contributed by atoms with Crippen molar-refractivity contribution < 1.29 is 13.5 Å². The molecular weight excluding hydrogens is 274 g/mol. The van der Waals surface area contributed by atoms with Gasteiger partial charge in [0.1, 0.15) is 5.75 Å². The fourth-order valence-electron chi connectivity index (χ4n) is 1.80. The summed E-state index contributed by atoms with van der Waals surface area (Å²) in [5.41, 5.74) is 1.24. The normalized spacial score (nSPS) is 11.6. The molecule has 0 spiro atoms. The Kier molecular flexibility index (Phi) is 3.99. The predicted octanol–water partition coefficient (Wildman–Crippen LogP) is 3.32. The van der Waals surface area contributed by atoms with Crippen LogP contribution in [0.1, 0.15) is 25.3 Å². The first-order chi connectivity index (χ1) is 9.40. The minimum Gasteiger partial charge on any atom is -0.506 e. The Bertz CT molecular complexity index is 691. The average Bonchev–Trinajstić information content (AvgIpc) is 2.41. The van der Waals surface area contributed by atoms with E-state index >= 15 is 0 Å². The highest BCUT2D eigenvalue weighted by molar-refractivity contribution is 7.92. The van der Waals surface area contributed by atoms with Crippen molar-refractivity contribution in [3.8, 4) is 5.75 Å². The summed E-state index contributed by atoms with van der Waals surface area (Å²) in [6.45, 7) is 4.09. The molecule has 4 nitrogen and oxygen atoms in total. The van der Waals surface area contributed by atoms with E-state index in [9.17, 15) is 13.5 Å². The lowest BCUT2D eigenvalue weighted by Crippen LogP contribution is -2.13. The van der Waals surface area contributed by atoms with Crippen molar-refractivity contribution in [3.63, 3.8) is 0 Å². The van der Waals surface area contributed by atoms with Gasteiger partial charge in [-0.05, 0) is 35.7 Å². The summed E-state index contributed by atoms with van der Waals surface area (Å²) < 4.78 is 26.8. The van der Waals surface area contributed by atoms with Crippen LogP contribution < -0.4 is 4.72 Å². The van der Waals surface area contributed by atoms with E-state index in [4.69, 9.17) is 0 Å². The van der Waals surface area contributed by atoms with Gasteiger partial charge in [0.25, 0.3) is 10.0 Å². The Labute approximate surface area is 119 Å². The van der Waals surface area contributed by atoms with E-state index in [-0.39, 0.29) is 16.3 Å². The lowest BCUT2D eigenvalue weighted by atomic mass is 10.0. The van der Waals surface area contributed by atoms with Gasteiger partial charge in [-0.3, -0.25) is 4.72 Å². The van der Waals surface area contributed by atoms with Gasteiger partial charge in [0.2, 0.25) is 0 Å². The lowest BCUT2D eigenvalue weighted by Gasteiger charge is -2.11. The molecule has 2 rings (SSSR count). The zero-order valence-corrected chi connectivity index (χ0v) is 12.2. The molecule has 2 aromatic rings. The molecule has 0 amide bonds. The summed E-state index contributed by atoms with van der Waals surface area (Å²) in [7, 11) is -3.69. The second kappa shape index (κ2) is 5.54. The maximum atomic E-state index is 12.2. The van der Waals surface area contributed by atoms with Crippen LogP contribution in [0.3, 0.4) is 0 Å². The highest BCUT2D eigenvalue weighted by Gasteiger charge is 2.15. The van der Waals surface area contributed by atoms with Gasteiger partial charge in [-0.2, -0.15) is 0 Å². The summed E-state index contributed by atoms with van der Waals surface area (Å²) >= 11 is 0. The molecule has 0 unspecified atom stereocenters. The highest BCUT2D eigenvalue weighted by atomic mass is 32.2. The van der Waals surface area contributed by atoms with Crippen LogP contribution in [0, 0.1) is 0 Å². The fourth-order valence-corrected chi connectivity index (χ4v) is 2.87. The predicted molar refractivity (Wildman–Crippen MR) is 79.4 cm³/mol. The maximum Gasteiger partial charge on any atom is 0.262 e. The number of hydrogen-bond donors (Lipinski definition) is 2. The number of rotatable bonds is 4. The van der Waals surface area contributed by atoms with Crippen LogP contribution in [0.25, 0.3) is 0 Å². The van der Waals surface area contributed by atoms with Gasteiger partial charge in [0.05, 0.1) is 10.6 Å². The lowest BCUT2D eigenvalue weighted by molar-refractivity contribution is 0.477. The number of phenolic OH excluding ortho intramolecular Hbond substituents is 1. The van der Waals surface area contributed by atoms with Gasteiger partial charge < -0.3 is 5.11 Å². The van der Waals surface area contributed by atoms with Crippen molar-refractivity contribution in [2.24, 2.45) is 0 Å². The van der Waals surface area contributed by atoms with E-state index in [1.165, 1.54) is 12.1 Å². The minimum absolute atomic E-state index is 0.102. The third kappa shape index (κ3) is 3.11. The second-order valence-electron chi connectivity index (χ2n) is 4.85. The molecule has 0 radical (unpaired) electrons. The van der Waals surface area contributed by atoms with Crippen LogP contribution in [0.4, 0.5) is 5.69 Å². The van der Waals surface area contributed by atoms with Crippen molar-refractivity contribution in [2.75, 3.05) is 4.72 Å². The van der Waals surface area contributed by atoms with Gasteiger partial charge in [-0.1, -0.05) is 38.1 Å². The molecule has 20 heavy (non-hydrogen) atoms. The van der Waals surface area contributed by atoms with Gasteiger partial charge in [0.15, 0.2) is 0 Å². The summed E-state index contributed by atoms with van der Waals surface area (Å²) in [6.07, 6.45) is 0. The molecule has 0 fully saturated rings. The Hall–Kier alpha value is -2.01. The van der Waals surface area contributed by atoms with E-state index in [1.807, 2.05) is 13.8 Å². The molecule has 0 aliphatic carbocycles. The monoisotopic (exact) mass is 291 g/mol. The first-order valence-corrected chi connectivity index (χ1v) is 7.79. The van der Waals surface area contributed by atoms with Crippen LogP contribution in [0.2, 0.25) is 0 Å². The number of para-hydroxylation sites is 2. The number of hydrogen-bond acceptors (Lipinski definition) is 3. The molecule has 5 heteroatoms. The average molecular weight is 291 g/mol. The molecule has 0 aliphatic heterocycles. The molecule has 0 aliphatic rings. The van der Waals surface area contributed by atoms with E-state index in [0.717, 1.165) is 5.56 Å². The van der Waals surface area contributed by atoms with Crippen LogP contribution in [-0.2, 0) is 10.0 Å². The number of aromatic hydroxyl groups is 1. The topological polar surface area (TPSA) is 66.4 Å². The van der Waals surface area contributed by atoms with Gasteiger partial charge in [-0.25, -0.2) is 8.42 Å². The Balaban J connectivity index is 2.29. The summed E-state index contributed by atoms with van der Waals surface area (Å²) in [5.74, 6) is 0.243. The van der Waals surface area contributed by atoms with Gasteiger partial charge >= 0.3 is 0 Å². The number of phenols is 1. The van der Waals surface area contributed by atoms with E-state index in [0.29, 0.717) is 5.92 Å². The first kappa shape index (κ1) is 14.4. The van der Waals surface area contributed by atoms with Crippen molar-refractivity contribution in [1.82, 2.24) is 0 Å². The SMILES string of the molecule is CC(C)c1ccc(S(=O)(=O)Nc2ccccc2O)cc1. The minimum atomic E-state index is -3.69. The Morgan fingerprint density at radius 1 is 1.00 bits per heavy atom. The van der Waals surface area contributed by atoms with Crippen molar-refractivity contribution in [3.05, 3.63) is 54.1 Å². The zero-order valence-electron chi connectivity index (χ0n) is 11.4. The fraction of sp³-hybridized carbons (Fsp3) is 0.200. The second-order valence-corrected chi connectivity index (χ2v) is 6.53. The molecule has 106 valence electrons. The molecule has 0 bridgehead atoms. The molecule has 2 aromatic carbocycles. The van der Waals surface area contributed by atoms with Crippen molar-refractivity contribution in [2.45, 2.75) is 24.7 Å². The van der Waals surface area contributed by atoms with E-state index in [1.54, 1.807) is 36.4 Å². The van der Waals surface area contributed by atoms with Crippen LogP contribution >= 0.6 is 0 Å². The Morgan fingerprint density at radius 3 is 2.15 bits per heavy atom. The molecule has 0 atom stereocenters. The van der Waals surface area contributed by atoms with Crippen LogP contribution in [0.15, 0.2) is 53.4 Å². The summed E-state index contributed by atoms with van der Waals surface area (Å²) in [5, 5.41) is 9.61. The van der Waals surface area contributed by atoms with Gasteiger partial charge in [0, 0.05) is 0 Å². The molecule has 0 aromatic heterocycles. The maximum absolute atomic E-state index is 12.2. The summed E-state index contributed by atoms with van der Waals surface area (Å²) in [6, 6.07) is 12.9. The first-order valence-electron chi connectivity index (χ1n) is 6.31. The van der Waals surface area contributed by atoms with E-state index < -0.39 is 10.0 Å². The number of sulfonamides is 1. The molecule has 0 saturated heterocycles. The molecule has 0 saturated carbocycles. The smallest absolute Gasteiger partial charge is 0.262 e. The van der Waals surface area contributed by atoms with Crippen molar-refractivity contribution in [1.29, 1.82) is 0 Å².